The van der Waals surface area contributed by atoms with Crippen molar-refractivity contribution in [1.82, 2.24) is 0 Å². The van der Waals surface area contributed by atoms with Crippen LogP contribution in [0.15, 0.2) is 76.2 Å². The maximum Gasteiger partial charge on any atom is 0.307 e. The molecule has 0 radical (unpaired) electrons. The summed E-state index contributed by atoms with van der Waals surface area (Å²) in [7, 11) is -2.71. The minimum atomic E-state index is -4.08. The molecule has 3 aromatic rings. The smallest absolute Gasteiger partial charge is 0.307 e. The van der Waals surface area contributed by atoms with Crippen LogP contribution in [0.1, 0.15) is 11.3 Å². The first-order chi connectivity index (χ1) is 13.4. The molecule has 0 atom stereocenters. The Kier molecular flexibility index (Phi) is 5.70. The Morgan fingerprint density at radius 2 is 1.86 bits per heavy atom. The Morgan fingerprint density at radius 3 is 2.46 bits per heavy atom. The number of sulfonamides is 1. The summed E-state index contributed by atoms with van der Waals surface area (Å²) < 4.78 is 38.8. The van der Waals surface area contributed by atoms with Crippen LogP contribution in [0, 0.1) is 0 Å². The molecule has 0 aliphatic heterocycles. The van der Waals surface area contributed by atoms with E-state index in [4.69, 9.17) is 14.3 Å². The van der Waals surface area contributed by atoms with Gasteiger partial charge in [-0.3, -0.25) is 9.10 Å². The Labute approximate surface area is 162 Å². The first-order valence-corrected chi connectivity index (χ1v) is 9.84. The van der Waals surface area contributed by atoms with Gasteiger partial charge in [0.2, 0.25) is 0 Å². The third-order valence-corrected chi connectivity index (χ3v) is 5.87. The third-order valence-electron chi connectivity index (χ3n) is 4.08. The molecule has 7 nitrogen and oxygen atoms in total. The predicted octanol–water partition coefficient (Wildman–Crippen LogP) is 3.31. The average Bonchev–Trinajstić information content (AvgIpc) is 3.19. The fourth-order valence-corrected chi connectivity index (χ4v) is 4.42. The summed E-state index contributed by atoms with van der Waals surface area (Å²) in [5.74, 6) is -0.452. The number of para-hydroxylation sites is 1. The van der Waals surface area contributed by atoms with Gasteiger partial charge < -0.3 is 14.3 Å². The number of carboxylic acid groups (broad SMARTS) is 1. The molecule has 0 aliphatic rings. The van der Waals surface area contributed by atoms with Gasteiger partial charge >= 0.3 is 5.97 Å². The summed E-state index contributed by atoms with van der Waals surface area (Å²) in [6.07, 6.45) is 1.18. The number of hydrogen-bond donors (Lipinski definition) is 1. The largest absolute Gasteiger partial charge is 0.495 e. The maximum atomic E-state index is 13.5. The van der Waals surface area contributed by atoms with Crippen LogP contribution in [0.3, 0.4) is 0 Å². The zero-order valence-electron chi connectivity index (χ0n) is 15.1. The molecule has 3 rings (SSSR count). The molecule has 0 amide bonds. The highest BCUT2D eigenvalue weighted by molar-refractivity contribution is 7.92. The first-order valence-electron chi connectivity index (χ1n) is 8.40. The molecule has 0 fully saturated rings. The van der Waals surface area contributed by atoms with E-state index >= 15 is 0 Å². The van der Waals surface area contributed by atoms with E-state index in [1.807, 2.05) is 0 Å². The number of aliphatic carboxylic acids is 1. The maximum absolute atomic E-state index is 13.5. The highest BCUT2D eigenvalue weighted by Gasteiger charge is 2.29. The Morgan fingerprint density at radius 1 is 1.11 bits per heavy atom. The van der Waals surface area contributed by atoms with Crippen molar-refractivity contribution in [1.29, 1.82) is 0 Å². The van der Waals surface area contributed by atoms with Gasteiger partial charge in [-0.05, 0) is 42.0 Å². The average molecular weight is 401 g/mol. The molecule has 0 saturated carbocycles. The number of rotatable bonds is 8. The zero-order valence-corrected chi connectivity index (χ0v) is 15.9. The molecule has 0 saturated heterocycles. The molecule has 8 heteroatoms. The number of methoxy groups -OCH3 is 1. The lowest BCUT2D eigenvalue weighted by Gasteiger charge is -2.25. The van der Waals surface area contributed by atoms with Crippen LogP contribution < -0.4 is 9.04 Å². The molecule has 1 N–H and O–H groups in total. The lowest BCUT2D eigenvalue weighted by molar-refractivity contribution is -0.136. The summed E-state index contributed by atoms with van der Waals surface area (Å²) in [5.41, 5.74) is 0.808. The SMILES string of the molecule is COc1ccc(CC(=O)O)cc1S(=O)(=O)N(Cc1ccco1)c1ccccc1. The number of furan rings is 1. The second kappa shape index (κ2) is 8.18. The predicted molar refractivity (Wildman–Crippen MR) is 103 cm³/mol. The zero-order chi connectivity index (χ0) is 20.1. The number of carbonyl (C=O) groups is 1. The van der Waals surface area contributed by atoms with E-state index < -0.39 is 16.0 Å². The van der Waals surface area contributed by atoms with Gasteiger partial charge in [0.25, 0.3) is 10.0 Å². The number of hydrogen-bond acceptors (Lipinski definition) is 5. The highest BCUT2D eigenvalue weighted by atomic mass is 32.2. The van der Waals surface area contributed by atoms with Gasteiger partial charge in [0.15, 0.2) is 0 Å². The van der Waals surface area contributed by atoms with Gasteiger partial charge in [-0.15, -0.1) is 0 Å². The van der Waals surface area contributed by atoms with Crippen molar-refractivity contribution in [3.63, 3.8) is 0 Å². The molecule has 28 heavy (non-hydrogen) atoms. The van der Waals surface area contributed by atoms with E-state index in [0.29, 0.717) is 17.0 Å². The molecule has 0 bridgehead atoms. The number of nitrogens with zero attached hydrogens (tertiary/aromatic N) is 1. The van der Waals surface area contributed by atoms with E-state index in [2.05, 4.69) is 0 Å². The second-order valence-electron chi connectivity index (χ2n) is 5.98. The monoisotopic (exact) mass is 401 g/mol. The van der Waals surface area contributed by atoms with Crippen molar-refractivity contribution in [3.8, 4) is 5.75 Å². The number of benzene rings is 2. The Balaban J connectivity index is 2.12. The third kappa shape index (κ3) is 4.17. The van der Waals surface area contributed by atoms with Crippen molar-refractivity contribution < 1.29 is 27.5 Å². The lowest BCUT2D eigenvalue weighted by atomic mass is 10.1. The molecule has 1 heterocycles. The molecule has 2 aromatic carbocycles. The van der Waals surface area contributed by atoms with E-state index in [1.165, 1.54) is 35.9 Å². The first kappa shape index (κ1) is 19.5. The quantitative estimate of drug-likeness (QED) is 0.622. The van der Waals surface area contributed by atoms with Crippen LogP contribution in [0.4, 0.5) is 5.69 Å². The van der Waals surface area contributed by atoms with Gasteiger partial charge in [-0.25, -0.2) is 8.42 Å². The van der Waals surface area contributed by atoms with E-state index in [9.17, 15) is 13.2 Å². The second-order valence-corrected chi connectivity index (χ2v) is 7.81. The van der Waals surface area contributed by atoms with Crippen molar-refractivity contribution in [2.45, 2.75) is 17.9 Å². The van der Waals surface area contributed by atoms with Crippen LogP contribution >= 0.6 is 0 Å². The van der Waals surface area contributed by atoms with Crippen molar-refractivity contribution in [2.24, 2.45) is 0 Å². The van der Waals surface area contributed by atoms with Crippen molar-refractivity contribution in [3.05, 3.63) is 78.3 Å². The number of carboxylic acids is 1. The summed E-state index contributed by atoms with van der Waals surface area (Å²) in [6.45, 7) is -0.0222. The van der Waals surface area contributed by atoms with Gasteiger partial charge in [-0.1, -0.05) is 24.3 Å². The molecular weight excluding hydrogens is 382 g/mol. The highest BCUT2D eigenvalue weighted by Crippen LogP contribution is 2.32. The molecule has 0 aliphatic carbocycles. The standard InChI is InChI=1S/C20H19NO6S/c1-26-18-10-9-15(13-20(22)23)12-19(18)28(24,25)21(14-17-8-5-11-27-17)16-6-3-2-4-7-16/h2-12H,13-14H2,1H3,(H,22,23). The van der Waals surface area contributed by atoms with Crippen LogP contribution in [-0.4, -0.2) is 26.6 Å². The van der Waals surface area contributed by atoms with E-state index in [-0.39, 0.29) is 23.6 Å². The van der Waals surface area contributed by atoms with Gasteiger partial charge in [0, 0.05) is 0 Å². The van der Waals surface area contributed by atoms with Crippen LogP contribution in [0.2, 0.25) is 0 Å². The topological polar surface area (TPSA) is 97.0 Å². The summed E-state index contributed by atoms with van der Waals surface area (Å²) >= 11 is 0. The van der Waals surface area contributed by atoms with Gasteiger partial charge in [-0.2, -0.15) is 0 Å². The van der Waals surface area contributed by atoms with Crippen LogP contribution in [0.25, 0.3) is 0 Å². The fourth-order valence-electron chi connectivity index (χ4n) is 2.78. The summed E-state index contributed by atoms with van der Waals surface area (Å²) in [6, 6.07) is 16.3. The molecular formula is C20H19NO6S. The number of anilines is 1. The van der Waals surface area contributed by atoms with Crippen LogP contribution in [-0.2, 0) is 27.8 Å². The summed E-state index contributed by atoms with van der Waals surface area (Å²) in [5, 5.41) is 9.04. The molecule has 0 unspecified atom stereocenters. The van der Waals surface area contributed by atoms with Crippen LogP contribution in [0.5, 0.6) is 5.75 Å². The molecule has 146 valence electrons. The normalized spacial score (nSPS) is 11.2. The van der Waals surface area contributed by atoms with E-state index in [1.54, 1.807) is 42.5 Å². The lowest BCUT2D eigenvalue weighted by Crippen LogP contribution is -2.30. The summed E-state index contributed by atoms with van der Waals surface area (Å²) in [4.78, 5) is 10.9. The Bertz CT molecular complexity index is 1050. The van der Waals surface area contributed by atoms with Gasteiger partial charge in [0.1, 0.15) is 16.4 Å². The van der Waals surface area contributed by atoms with Gasteiger partial charge in [0.05, 0.1) is 32.0 Å². The Hall–Kier alpha value is -3.26. The van der Waals surface area contributed by atoms with E-state index in [0.717, 1.165) is 0 Å². The van der Waals surface area contributed by atoms with Crippen molar-refractivity contribution >= 4 is 21.7 Å². The minimum Gasteiger partial charge on any atom is -0.495 e. The fraction of sp³-hybridized carbons (Fsp3) is 0.150. The number of ether oxygens (including phenoxy) is 1. The molecule has 1 aromatic heterocycles. The van der Waals surface area contributed by atoms with Crippen molar-refractivity contribution in [2.75, 3.05) is 11.4 Å². The molecule has 0 spiro atoms. The minimum absolute atomic E-state index is 0.0222.